The van der Waals surface area contributed by atoms with Crippen molar-refractivity contribution >= 4 is 28.0 Å². The second-order valence-corrected chi connectivity index (χ2v) is 11.9. The topological polar surface area (TPSA) is 46.1 Å². The molecule has 3 heterocycles. The molecule has 0 saturated heterocycles. The monoisotopic (exact) mass is 475 g/mol. The van der Waals surface area contributed by atoms with E-state index in [1.165, 1.54) is 54.2 Å². The van der Waals surface area contributed by atoms with Gasteiger partial charge in [0.05, 0.1) is 16.2 Å². The molecule has 1 fully saturated rings. The van der Waals surface area contributed by atoms with E-state index in [0.717, 1.165) is 48.3 Å². The van der Waals surface area contributed by atoms with Crippen LogP contribution in [0.2, 0.25) is 0 Å². The molecule has 1 aromatic carbocycles. The van der Waals surface area contributed by atoms with Crippen LogP contribution in [-0.2, 0) is 19.4 Å². The number of nitrogens with zero attached hydrogens (tertiary/aromatic N) is 3. The Morgan fingerprint density at radius 1 is 1.12 bits per heavy atom. The van der Waals surface area contributed by atoms with Crippen molar-refractivity contribution in [2.45, 2.75) is 71.8 Å². The Balaban J connectivity index is 1.08. The molecule has 4 nitrogen and oxygen atoms in total. The Labute approximate surface area is 207 Å². The van der Waals surface area contributed by atoms with E-state index in [2.05, 4.69) is 23.7 Å². The standard InChI is InChI=1S/C29H37N3OS/c1-20(2)17-29-31-26-13-16-32(19-28(26)34-29)15-12-21-8-10-22(11-9-21)18-27(33)24-5-3-7-25-23(24)6-4-14-30-25/h3-7,14,20-22H,8-13,15-19H2,1-2H3. The molecule has 0 radical (unpaired) electrons. The van der Waals surface area contributed by atoms with Gasteiger partial charge in [-0.05, 0) is 55.7 Å². The summed E-state index contributed by atoms with van der Waals surface area (Å²) in [6.45, 7) is 8.00. The normalized spacial score (nSPS) is 21.1. The van der Waals surface area contributed by atoms with Crippen molar-refractivity contribution in [1.82, 2.24) is 14.9 Å². The van der Waals surface area contributed by atoms with Crippen LogP contribution in [0.4, 0.5) is 0 Å². The fraction of sp³-hybridized carbons (Fsp3) is 0.552. The van der Waals surface area contributed by atoms with Gasteiger partial charge in [-0.3, -0.25) is 14.7 Å². The quantitative estimate of drug-likeness (QED) is 0.339. The van der Waals surface area contributed by atoms with E-state index in [-0.39, 0.29) is 5.78 Å². The molecule has 1 aliphatic heterocycles. The number of benzene rings is 1. The lowest BCUT2D eigenvalue weighted by molar-refractivity contribution is 0.0941. The molecular weight excluding hydrogens is 438 g/mol. The van der Waals surface area contributed by atoms with E-state index in [1.807, 2.05) is 41.7 Å². The zero-order chi connectivity index (χ0) is 23.5. The first-order valence-corrected chi connectivity index (χ1v) is 13.9. The molecule has 0 bridgehead atoms. The highest BCUT2D eigenvalue weighted by atomic mass is 32.1. The van der Waals surface area contributed by atoms with Crippen molar-refractivity contribution in [2.75, 3.05) is 13.1 Å². The highest BCUT2D eigenvalue weighted by Gasteiger charge is 2.26. The van der Waals surface area contributed by atoms with Crippen molar-refractivity contribution in [3.8, 4) is 0 Å². The maximum Gasteiger partial charge on any atom is 0.163 e. The zero-order valence-electron chi connectivity index (χ0n) is 20.6. The number of ketones is 1. The van der Waals surface area contributed by atoms with Gasteiger partial charge in [-0.2, -0.15) is 0 Å². The van der Waals surface area contributed by atoms with Crippen molar-refractivity contribution < 1.29 is 4.79 Å². The second kappa shape index (κ2) is 10.7. The number of pyridine rings is 1. The van der Waals surface area contributed by atoms with Crippen molar-refractivity contribution in [2.24, 2.45) is 17.8 Å². The largest absolute Gasteiger partial charge is 0.298 e. The van der Waals surface area contributed by atoms with Gasteiger partial charge >= 0.3 is 0 Å². The van der Waals surface area contributed by atoms with Crippen LogP contribution < -0.4 is 0 Å². The number of carbonyl (C=O) groups is 1. The summed E-state index contributed by atoms with van der Waals surface area (Å²) >= 11 is 1.94. The Bertz CT molecular complexity index is 1120. The van der Waals surface area contributed by atoms with Crippen LogP contribution in [0.15, 0.2) is 36.5 Å². The first-order valence-electron chi connectivity index (χ1n) is 13.1. The molecule has 34 heavy (non-hydrogen) atoms. The highest BCUT2D eigenvalue weighted by Crippen LogP contribution is 2.35. The van der Waals surface area contributed by atoms with Crippen LogP contribution in [0.25, 0.3) is 10.9 Å². The molecule has 1 saturated carbocycles. The van der Waals surface area contributed by atoms with Gasteiger partial charge in [-0.15, -0.1) is 11.3 Å². The Hall–Kier alpha value is -2.11. The SMILES string of the molecule is CC(C)Cc1nc2c(s1)CN(CCC1CCC(CC(=O)c3cccc4ncccc34)CC1)CC2. The minimum atomic E-state index is 0.285. The molecule has 0 atom stereocenters. The average molecular weight is 476 g/mol. The first-order chi connectivity index (χ1) is 16.5. The number of carbonyl (C=O) groups excluding carboxylic acids is 1. The molecule has 2 aliphatic rings. The van der Waals surface area contributed by atoms with Gasteiger partial charge in [0.15, 0.2) is 5.78 Å². The third kappa shape index (κ3) is 5.58. The van der Waals surface area contributed by atoms with E-state index >= 15 is 0 Å². The van der Waals surface area contributed by atoms with Crippen LogP contribution in [0.3, 0.4) is 0 Å². The maximum absolute atomic E-state index is 13.1. The Morgan fingerprint density at radius 2 is 1.94 bits per heavy atom. The maximum atomic E-state index is 13.1. The molecule has 5 rings (SSSR count). The molecule has 0 spiro atoms. The van der Waals surface area contributed by atoms with Gasteiger partial charge in [0.2, 0.25) is 0 Å². The van der Waals surface area contributed by atoms with Crippen molar-refractivity contribution in [1.29, 1.82) is 0 Å². The van der Waals surface area contributed by atoms with Crippen LogP contribution in [0.5, 0.6) is 0 Å². The van der Waals surface area contributed by atoms with Crippen LogP contribution >= 0.6 is 11.3 Å². The smallest absolute Gasteiger partial charge is 0.163 e. The van der Waals surface area contributed by atoms with Crippen LogP contribution in [0.1, 0.15) is 78.3 Å². The molecule has 5 heteroatoms. The van der Waals surface area contributed by atoms with E-state index in [9.17, 15) is 4.79 Å². The summed E-state index contributed by atoms with van der Waals surface area (Å²) in [4.78, 5) is 26.5. The number of hydrogen-bond donors (Lipinski definition) is 0. The van der Waals surface area contributed by atoms with Crippen LogP contribution in [-0.4, -0.2) is 33.7 Å². The summed E-state index contributed by atoms with van der Waals surface area (Å²) in [6.07, 6.45) is 10.9. The van der Waals surface area contributed by atoms with Gasteiger partial charge < -0.3 is 0 Å². The minimum absolute atomic E-state index is 0.285. The summed E-state index contributed by atoms with van der Waals surface area (Å²) in [7, 11) is 0. The number of fused-ring (bicyclic) bond motifs is 2. The fourth-order valence-electron chi connectivity index (χ4n) is 5.74. The van der Waals surface area contributed by atoms with E-state index in [0.29, 0.717) is 18.3 Å². The first kappa shape index (κ1) is 23.6. The van der Waals surface area contributed by atoms with Gasteiger partial charge in [-0.1, -0.05) is 44.9 Å². The molecule has 3 aromatic rings. The zero-order valence-corrected chi connectivity index (χ0v) is 21.4. The van der Waals surface area contributed by atoms with Gasteiger partial charge in [0.1, 0.15) is 0 Å². The van der Waals surface area contributed by atoms with E-state index in [1.54, 1.807) is 6.20 Å². The molecule has 0 N–H and O–H groups in total. The third-order valence-corrected chi connectivity index (χ3v) is 8.78. The van der Waals surface area contributed by atoms with Gasteiger partial charge in [0.25, 0.3) is 0 Å². The fourth-order valence-corrected chi connectivity index (χ4v) is 7.11. The predicted octanol–water partition coefficient (Wildman–Crippen LogP) is 6.72. The molecular formula is C29H37N3OS. The minimum Gasteiger partial charge on any atom is -0.298 e. The molecule has 0 amide bonds. The van der Waals surface area contributed by atoms with Crippen LogP contribution in [0, 0.1) is 17.8 Å². The lowest BCUT2D eigenvalue weighted by atomic mass is 9.78. The number of Topliss-reactive ketones (excluding diaryl/α,β-unsaturated/α-hetero) is 1. The van der Waals surface area contributed by atoms with Gasteiger partial charge in [-0.25, -0.2) is 4.98 Å². The van der Waals surface area contributed by atoms with E-state index < -0.39 is 0 Å². The van der Waals surface area contributed by atoms with Crippen molar-refractivity contribution in [3.05, 3.63) is 57.7 Å². The van der Waals surface area contributed by atoms with Gasteiger partial charge in [0, 0.05) is 54.4 Å². The average Bonchev–Trinajstić information content (AvgIpc) is 3.24. The molecule has 1 aliphatic carbocycles. The lowest BCUT2D eigenvalue weighted by Gasteiger charge is -2.31. The Morgan fingerprint density at radius 3 is 2.76 bits per heavy atom. The highest BCUT2D eigenvalue weighted by molar-refractivity contribution is 7.11. The summed E-state index contributed by atoms with van der Waals surface area (Å²) in [5.41, 5.74) is 3.12. The number of thiazole rings is 1. The molecule has 180 valence electrons. The lowest BCUT2D eigenvalue weighted by Crippen LogP contribution is -2.32. The Kier molecular flexibility index (Phi) is 7.40. The summed E-state index contributed by atoms with van der Waals surface area (Å²) < 4.78 is 0. The number of rotatable bonds is 8. The summed E-state index contributed by atoms with van der Waals surface area (Å²) in [5, 5.41) is 2.32. The molecule has 2 aromatic heterocycles. The number of aromatic nitrogens is 2. The number of hydrogen-bond acceptors (Lipinski definition) is 5. The molecule has 0 unspecified atom stereocenters. The van der Waals surface area contributed by atoms with Crippen molar-refractivity contribution in [3.63, 3.8) is 0 Å². The second-order valence-electron chi connectivity index (χ2n) is 10.8. The predicted molar refractivity (Wildman–Crippen MR) is 140 cm³/mol. The summed E-state index contributed by atoms with van der Waals surface area (Å²) in [5.74, 6) is 2.31. The third-order valence-electron chi connectivity index (χ3n) is 7.68. The summed E-state index contributed by atoms with van der Waals surface area (Å²) in [6, 6.07) is 9.86. The van der Waals surface area contributed by atoms with E-state index in [4.69, 9.17) is 4.98 Å².